The number of hydrogen-bond donors (Lipinski definition) is 1. The summed E-state index contributed by atoms with van der Waals surface area (Å²) < 4.78 is 1.65. The minimum Gasteiger partial charge on any atom is -0.314 e. The van der Waals surface area contributed by atoms with E-state index in [0.717, 1.165) is 6.54 Å². The fraction of sp³-hybridized carbons (Fsp3) is 0.636. The monoisotopic (exact) mass is 209 g/mol. The molecule has 1 aromatic heterocycles. The summed E-state index contributed by atoms with van der Waals surface area (Å²) in [6.45, 7) is 7.98. The molecule has 0 radical (unpaired) electrons. The molecule has 0 aromatic carbocycles. The van der Waals surface area contributed by atoms with Gasteiger partial charge in [0.2, 0.25) is 0 Å². The van der Waals surface area contributed by atoms with Crippen molar-refractivity contribution in [3.05, 3.63) is 28.9 Å². The Kier molecular flexibility index (Phi) is 4.49. The molecule has 4 nitrogen and oxygen atoms in total. The highest BCUT2D eigenvalue weighted by Gasteiger charge is 2.04. The summed E-state index contributed by atoms with van der Waals surface area (Å²) in [4.78, 5) is 15.3. The van der Waals surface area contributed by atoms with E-state index in [1.807, 2.05) is 0 Å². The molecule has 0 amide bonds. The van der Waals surface area contributed by atoms with E-state index in [9.17, 15) is 4.79 Å². The van der Waals surface area contributed by atoms with Gasteiger partial charge in [0.15, 0.2) is 0 Å². The van der Waals surface area contributed by atoms with Gasteiger partial charge in [-0.25, -0.2) is 4.98 Å². The lowest BCUT2D eigenvalue weighted by Gasteiger charge is -2.15. The predicted molar refractivity (Wildman–Crippen MR) is 60.8 cm³/mol. The SMILES string of the molecule is CC(CNC(C)C)Cn1cnccc1=O. The van der Waals surface area contributed by atoms with Crippen molar-refractivity contribution in [1.29, 1.82) is 0 Å². The van der Waals surface area contributed by atoms with Gasteiger partial charge in [-0.15, -0.1) is 0 Å². The highest BCUT2D eigenvalue weighted by atomic mass is 16.1. The van der Waals surface area contributed by atoms with Crippen LogP contribution in [0.5, 0.6) is 0 Å². The van der Waals surface area contributed by atoms with Crippen LogP contribution in [0, 0.1) is 5.92 Å². The number of aromatic nitrogens is 2. The van der Waals surface area contributed by atoms with E-state index in [1.165, 1.54) is 12.3 Å². The van der Waals surface area contributed by atoms with Gasteiger partial charge in [-0.3, -0.25) is 9.36 Å². The van der Waals surface area contributed by atoms with Crippen LogP contribution in [0.15, 0.2) is 23.4 Å². The number of nitrogens with zero attached hydrogens (tertiary/aromatic N) is 2. The second-order valence-electron chi connectivity index (χ2n) is 4.24. The molecule has 1 rings (SSSR count). The van der Waals surface area contributed by atoms with Crippen LogP contribution in [0.2, 0.25) is 0 Å². The third-order valence-corrected chi connectivity index (χ3v) is 2.18. The van der Waals surface area contributed by atoms with Crippen molar-refractivity contribution in [2.45, 2.75) is 33.4 Å². The second kappa shape index (κ2) is 5.66. The Bertz CT molecular complexity index is 346. The van der Waals surface area contributed by atoms with Crippen LogP contribution >= 0.6 is 0 Å². The zero-order valence-corrected chi connectivity index (χ0v) is 9.60. The predicted octanol–water partition coefficient (Wildman–Crippen LogP) is 0.877. The van der Waals surface area contributed by atoms with Crippen molar-refractivity contribution in [2.75, 3.05) is 6.54 Å². The third-order valence-electron chi connectivity index (χ3n) is 2.18. The quantitative estimate of drug-likeness (QED) is 0.783. The molecule has 1 atom stereocenters. The molecule has 0 aliphatic heterocycles. The number of rotatable bonds is 5. The highest BCUT2D eigenvalue weighted by molar-refractivity contribution is 4.82. The molecule has 84 valence electrons. The van der Waals surface area contributed by atoms with Crippen molar-refractivity contribution < 1.29 is 0 Å². The summed E-state index contributed by atoms with van der Waals surface area (Å²) in [5.74, 6) is 0.425. The molecule has 0 saturated carbocycles. The van der Waals surface area contributed by atoms with Gasteiger partial charge < -0.3 is 5.32 Å². The maximum atomic E-state index is 11.4. The van der Waals surface area contributed by atoms with Crippen molar-refractivity contribution in [1.82, 2.24) is 14.9 Å². The smallest absolute Gasteiger partial charge is 0.253 e. The van der Waals surface area contributed by atoms with Gasteiger partial charge in [-0.1, -0.05) is 20.8 Å². The highest BCUT2D eigenvalue weighted by Crippen LogP contribution is 1.96. The Labute approximate surface area is 90.3 Å². The maximum absolute atomic E-state index is 11.4. The van der Waals surface area contributed by atoms with E-state index in [2.05, 4.69) is 31.1 Å². The zero-order chi connectivity index (χ0) is 11.3. The summed E-state index contributed by atoms with van der Waals surface area (Å²) in [6, 6.07) is 1.97. The average Bonchev–Trinajstić information content (AvgIpc) is 2.18. The van der Waals surface area contributed by atoms with Crippen molar-refractivity contribution >= 4 is 0 Å². The molecule has 0 aliphatic rings. The van der Waals surface area contributed by atoms with Crippen LogP contribution in [-0.4, -0.2) is 22.1 Å². The van der Waals surface area contributed by atoms with E-state index in [1.54, 1.807) is 10.9 Å². The first kappa shape index (κ1) is 11.9. The van der Waals surface area contributed by atoms with E-state index in [-0.39, 0.29) is 5.56 Å². The van der Waals surface area contributed by atoms with Crippen LogP contribution in [0.25, 0.3) is 0 Å². The van der Waals surface area contributed by atoms with Crippen LogP contribution in [0.3, 0.4) is 0 Å². The summed E-state index contributed by atoms with van der Waals surface area (Å²) in [6.07, 6.45) is 3.12. The minimum absolute atomic E-state index is 0.0152. The molecule has 1 N–H and O–H groups in total. The third kappa shape index (κ3) is 4.25. The van der Waals surface area contributed by atoms with Crippen molar-refractivity contribution in [2.24, 2.45) is 5.92 Å². The normalized spacial score (nSPS) is 13.1. The largest absolute Gasteiger partial charge is 0.314 e. The molecule has 0 aliphatic carbocycles. The topological polar surface area (TPSA) is 46.9 Å². The summed E-state index contributed by atoms with van der Waals surface area (Å²) >= 11 is 0. The van der Waals surface area contributed by atoms with Crippen LogP contribution in [-0.2, 0) is 6.54 Å². The Morgan fingerprint density at radius 2 is 2.20 bits per heavy atom. The zero-order valence-electron chi connectivity index (χ0n) is 9.60. The first-order chi connectivity index (χ1) is 7.09. The fourth-order valence-corrected chi connectivity index (χ4v) is 1.35. The van der Waals surface area contributed by atoms with E-state index in [4.69, 9.17) is 0 Å². The van der Waals surface area contributed by atoms with Gasteiger partial charge in [0, 0.05) is 24.8 Å². The van der Waals surface area contributed by atoms with Crippen LogP contribution < -0.4 is 10.9 Å². The molecular weight excluding hydrogens is 190 g/mol. The van der Waals surface area contributed by atoms with Gasteiger partial charge >= 0.3 is 0 Å². The molecule has 0 saturated heterocycles. The van der Waals surface area contributed by atoms with E-state index in [0.29, 0.717) is 18.5 Å². The summed E-state index contributed by atoms with van der Waals surface area (Å²) in [5, 5.41) is 3.35. The Hall–Kier alpha value is -1.16. The van der Waals surface area contributed by atoms with Gasteiger partial charge in [-0.2, -0.15) is 0 Å². The fourth-order valence-electron chi connectivity index (χ4n) is 1.35. The maximum Gasteiger partial charge on any atom is 0.253 e. The standard InChI is InChI=1S/C11H19N3O/c1-9(2)13-6-10(3)7-14-8-12-5-4-11(14)15/h4-5,8-10,13H,6-7H2,1-3H3. The van der Waals surface area contributed by atoms with Crippen molar-refractivity contribution in [3.8, 4) is 0 Å². The van der Waals surface area contributed by atoms with Crippen LogP contribution in [0.1, 0.15) is 20.8 Å². The Morgan fingerprint density at radius 1 is 1.47 bits per heavy atom. The Morgan fingerprint density at radius 3 is 2.80 bits per heavy atom. The lowest BCUT2D eigenvalue weighted by atomic mass is 10.1. The molecule has 1 unspecified atom stereocenters. The lowest BCUT2D eigenvalue weighted by Crippen LogP contribution is -2.31. The first-order valence-electron chi connectivity index (χ1n) is 5.33. The number of hydrogen-bond acceptors (Lipinski definition) is 3. The molecule has 0 spiro atoms. The second-order valence-corrected chi connectivity index (χ2v) is 4.24. The molecule has 1 aromatic rings. The van der Waals surface area contributed by atoms with Crippen LogP contribution in [0.4, 0.5) is 0 Å². The summed E-state index contributed by atoms with van der Waals surface area (Å²) in [5.41, 5.74) is 0.0152. The molecule has 1 heterocycles. The Balaban J connectivity index is 2.48. The summed E-state index contributed by atoms with van der Waals surface area (Å²) in [7, 11) is 0. The van der Waals surface area contributed by atoms with Gasteiger partial charge in [0.05, 0.1) is 6.33 Å². The lowest BCUT2D eigenvalue weighted by molar-refractivity contribution is 0.418. The van der Waals surface area contributed by atoms with Gasteiger partial charge in [-0.05, 0) is 12.5 Å². The molecule has 0 bridgehead atoms. The number of nitrogens with one attached hydrogen (secondary N) is 1. The average molecular weight is 209 g/mol. The van der Waals surface area contributed by atoms with Gasteiger partial charge in [0.25, 0.3) is 5.56 Å². The first-order valence-corrected chi connectivity index (χ1v) is 5.33. The molecule has 15 heavy (non-hydrogen) atoms. The van der Waals surface area contributed by atoms with E-state index < -0.39 is 0 Å². The van der Waals surface area contributed by atoms with Gasteiger partial charge in [0.1, 0.15) is 0 Å². The van der Waals surface area contributed by atoms with E-state index >= 15 is 0 Å². The molecule has 0 fully saturated rings. The molecular formula is C11H19N3O. The van der Waals surface area contributed by atoms with Crippen molar-refractivity contribution in [3.63, 3.8) is 0 Å². The minimum atomic E-state index is 0.0152. The molecule has 4 heteroatoms.